The largest absolute Gasteiger partial charge is 0.378 e. The molecule has 3 rings (SSSR count). The summed E-state index contributed by atoms with van der Waals surface area (Å²) in [6, 6.07) is 6.33. The van der Waals surface area contributed by atoms with Gasteiger partial charge in [-0.15, -0.1) is 0 Å². The summed E-state index contributed by atoms with van der Waals surface area (Å²) in [6.45, 7) is 3.22. The average molecular weight is 379 g/mol. The minimum absolute atomic E-state index is 0.0660. The summed E-state index contributed by atoms with van der Waals surface area (Å²) in [6.07, 6.45) is 2.46. The molecule has 26 heavy (non-hydrogen) atoms. The molecular formula is C18H20ClFN4O2. The highest BCUT2D eigenvalue weighted by Gasteiger charge is 2.13. The second-order valence-corrected chi connectivity index (χ2v) is 6.36. The second-order valence-electron chi connectivity index (χ2n) is 5.96. The summed E-state index contributed by atoms with van der Waals surface area (Å²) in [7, 11) is 0. The third-order valence-electron chi connectivity index (χ3n) is 4.09. The fourth-order valence-electron chi connectivity index (χ4n) is 2.66. The van der Waals surface area contributed by atoms with E-state index in [0.717, 1.165) is 24.5 Å². The molecule has 0 unspecified atom stereocenters. The van der Waals surface area contributed by atoms with E-state index in [9.17, 15) is 9.18 Å². The zero-order chi connectivity index (χ0) is 18.4. The van der Waals surface area contributed by atoms with Crippen LogP contribution in [0.5, 0.6) is 0 Å². The minimum Gasteiger partial charge on any atom is -0.378 e. The molecule has 1 aromatic carbocycles. The number of amides is 1. The summed E-state index contributed by atoms with van der Waals surface area (Å²) in [5, 5.41) is 2.88. The van der Waals surface area contributed by atoms with Gasteiger partial charge in [-0.3, -0.25) is 4.79 Å². The van der Waals surface area contributed by atoms with Crippen molar-refractivity contribution < 1.29 is 13.9 Å². The topological polar surface area (TPSA) is 67.4 Å². The molecule has 1 aliphatic rings. The van der Waals surface area contributed by atoms with Crippen LogP contribution in [0.15, 0.2) is 30.5 Å². The molecular weight excluding hydrogens is 359 g/mol. The predicted molar refractivity (Wildman–Crippen MR) is 96.6 cm³/mol. The van der Waals surface area contributed by atoms with Gasteiger partial charge in [-0.05, 0) is 30.2 Å². The molecule has 1 saturated heterocycles. The molecule has 2 heterocycles. The van der Waals surface area contributed by atoms with E-state index in [1.54, 1.807) is 18.3 Å². The van der Waals surface area contributed by atoms with E-state index >= 15 is 0 Å². The maximum absolute atomic E-state index is 13.1. The quantitative estimate of drug-likeness (QED) is 0.835. The Morgan fingerprint density at radius 1 is 1.31 bits per heavy atom. The lowest BCUT2D eigenvalue weighted by atomic mass is 10.1. The van der Waals surface area contributed by atoms with Crippen LogP contribution < -0.4 is 10.2 Å². The fraction of sp³-hybridized carbons (Fsp3) is 0.389. The lowest BCUT2D eigenvalue weighted by Crippen LogP contribution is -2.37. The molecule has 1 fully saturated rings. The first kappa shape index (κ1) is 18.5. The van der Waals surface area contributed by atoms with Crippen molar-refractivity contribution in [3.05, 3.63) is 52.7 Å². The Morgan fingerprint density at radius 2 is 2.12 bits per heavy atom. The van der Waals surface area contributed by atoms with Gasteiger partial charge >= 0.3 is 0 Å². The Bertz CT molecular complexity index is 769. The highest BCUT2D eigenvalue weighted by molar-refractivity contribution is 6.30. The van der Waals surface area contributed by atoms with Crippen LogP contribution in [-0.2, 0) is 22.5 Å². The van der Waals surface area contributed by atoms with Crippen molar-refractivity contribution in [3.8, 4) is 0 Å². The van der Waals surface area contributed by atoms with Gasteiger partial charge < -0.3 is 15.0 Å². The molecule has 0 aliphatic carbocycles. The van der Waals surface area contributed by atoms with Crippen LogP contribution in [0.25, 0.3) is 0 Å². The smallest absolute Gasteiger partial charge is 0.220 e. The van der Waals surface area contributed by atoms with Crippen molar-refractivity contribution in [1.82, 2.24) is 15.3 Å². The number of carbonyl (C=O) groups is 1. The van der Waals surface area contributed by atoms with E-state index in [1.165, 1.54) is 6.07 Å². The number of nitrogens with zero attached hydrogens (tertiary/aromatic N) is 3. The molecule has 138 valence electrons. The van der Waals surface area contributed by atoms with Gasteiger partial charge in [0.1, 0.15) is 17.5 Å². The Balaban J connectivity index is 1.48. The third kappa shape index (κ3) is 5.12. The fourth-order valence-corrected chi connectivity index (χ4v) is 2.86. The molecule has 1 amide bonds. The van der Waals surface area contributed by atoms with Gasteiger partial charge in [-0.1, -0.05) is 17.7 Å². The summed E-state index contributed by atoms with van der Waals surface area (Å²) < 4.78 is 18.5. The Hall–Kier alpha value is -2.25. The monoisotopic (exact) mass is 378 g/mol. The minimum atomic E-state index is -0.461. The zero-order valence-electron chi connectivity index (χ0n) is 14.3. The molecule has 1 aromatic heterocycles. The molecule has 0 radical (unpaired) electrons. The molecule has 0 bridgehead atoms. The number of nitrogens with one attached hydrogen (secondary N) is 1. The van der Waals surface area contributed by atoms with E-state index in [-0.39, 0.29) is 23.9 Å². The lowest BCUT2D eigenvalue weighted by Gasteiger charge is -2.27. The SMILES string of the molecule is O=C(CCc1ccc(F)c(Cl)c1)NCc1nccc(N2CCOCC2)n1. The molecule has 1 N–H and O–H groups in total. The first-order chi connectivity index (χ1) is 12.6. The van der Waals surface area contributed by atoms with Gasteiger partial charge in [0.25, 0.3) is 0 Å². The number of anilines is 1. The lowest BCUT2D eigenvalue weighted by molar-refractivity contribution is -0.121. The number of carbonyl (C=O) groups excluding carboxylic acids is 1. The van der Waals surface area contributed by atoms with Crippen LogP contribution in [0.3, 0.4) is 0 Å². The van der Waals surface area contributed by atoms with E-state index < -0.39 is 5.82 Å². The number of benzene rings is 1. The first-order valence-electron chi connectivity index (χ1n) is 8.47. The van der Waals surface area contributed by atoms with Gasteiger partial charge in [0.2, 0.25) is 5.91 Å². The van der Waals surface area contributed by atoms with Crippen molar-refractivity contribution in [2.75, 3.05) is 31.2 Å². The van der Waals surface area contributed by atoms with Crippen molar-refractivity contribution in [2.45, 2.75) is 19.4 Å². The van der Waals surface area contributed by atoms with E-state index in [1.807, 2.05) is 6.07 Å². The normalized spacial score (nSPS) is 14.3. The summed E-state index contributed by atoms with van der Waals surface area (Å²) in [5.74, 6) is 0.823. The number of hydrogen-bond donors (Lipinski definition) is 1. The highest BCUT2D eigenvalue weighted by atomic mass is 35.5. The van der Waals surface area contributed by atoms with Crippen LogP contribution in [-0.4, -0.2) is 42.2 Å². The van der Waals surface area contributed by atoms with Crippen molar-refractivity contribution in [1.29, 1.82) is 0 Å². The van der Waals surface area contributed by atoms with Crippen LogP contribution in [0.1, 0.15) is 17.8 Å². The van der Waals surface area contributed by atoms with Crippen molar-refractivity contribution >= 4 is 23.3 Å². The van der Waals surface area contributed by atoms with Gasteiger partial charge in [0.05, 0.1) is 24.8 Å². The molecule has 6 nitrogen and oxygen atoms in total. The van der Waals surface area contributed by atoms with E-state index in [2.05, 4.69) is 20.2 Å². The Labute approximate surface area is 156 Å². The first-order valence-corrected chi connectivity index (χ1v) is 8.85. The summed E-state index contributed by atoms with van der Waals surface area (Å²) in [5.41, 5.74) is 0.817. The molecule has 0 atom stereocenters. The standard InChI is InChI=1S/C18H20ClFN4O2/c19-14-11-13(1-3-15(14)20)2-4-18(25)22-12-16-21-6-5-17(23-16)24-7-9-26-10-8-24/h1,3,5-6,11H,2,4,7-10,12H2,(H,22,25). The van der Waals surface area contributed by atoms with E-state index in [4.69, 9.17) is 16.3 Å². The maximum Gasteiger partial charge on any atom is 0.220 e. The maximum atomic E-state index is 13.1. The third-order valence-corrected chi connectivity index (χ3v) is 4.38. The van der Waals surface area contributed by atoms with Gasteiger partial charge in [0, 0.05) is 25.7 Å². The number of hydrogen-bond acceptors (Lipinski definition) is 5. The van der Waals surface area contributed by atoms with Crippen LogP contribution in [0, 0.1) is 5.82 Å². The number of aromatic nitrogens is 2. The Morgan fingerprint density at radius 3 is 2.88 bits per heavy atom. The van der Waals surface area contributed by atoms with Crippen LogP contribution in [0.4, 0.5) is 10.2 Å². The van der Waals surface area contributed by atoms with Crippen LogP contribution in [0.2, 0.25) is 5.02 Å². The Kier molecular flexibility index (Phi) is 6.35. The number of aryl methyl sites for hydroxylation is 1. The molecule has 0 saturated carbocycles. The second kappa shape index (κ2) is 8.91. The number of halogens is 2. The zero-order valence-corrected chi connectivity index (χ0v) is 15.0. The average Bonchev–Trinajstić information content (AvgIpc) is 2.68. The predicted octanol–water partition coefficient (Wildman–Crippen LogP) is 2.35. The summed E-state index contributed by atoms with van der Waals surface area (Å²) in [4.78, 5) is 22.9. The van der Waals surface area contributed by atoms with Gasteiger partial charge in [-0.2, -0.15) is 0 Å². The van der Waals surface area contributed by atoms with Gasteiger partial charge in [0.15, 0.2) is 0 Å². The summed E-state index contributed by atoms with van der Waals surface area (Å²) >= 11 is 5.75. The molecule has 0 spiro atoms. The molecule has 2 aromatic rings. The highest BCUT2D eigenvalue weighted by Crippen LogP contribution is 2.17. The van der Waals surface area contributed by atoms with Crippen LogP contribution >= 0.6 is 11.6 Å². The van der Waals surface area contributed by atoms with Gasteiger partial charge in [-0.25, -0.2) is 14.4 Å². The molecule has 1 aliphatic heterocycles. The molecule has 8 heteroatoms. The van der Waals surface area contributed by atoms with Crippen molar-refractivity contribution in [3.63, 3.8) is 0 Å². The number of ether oxygens (including phenoxy) is 1. The van der Waals surface area contributed by atoms with Crippen molar-refractivity contribution in [2.24, 2.45) is 0 Å². The number of rotatable bonds is 6. The van der Waals surface area contributed by atoms with E-state index in [0.29, 0.717) is 25.5 Å². The number of morpholine rings is 1.